The van der Waals surface area contributed by atoms with Crippen LogP contribution in [-0.4, -0.2) is 27.6 Å². The van der Waals surface area contributed by atoms with Crippen molar-refractivity contribution in [2.45, 2.75) is 25.9 Å². The molecule has 14 heavy (non-hydrogen) atoms. The second-order valence-electron chi connectivity index (χ2n) is 3.14. The zero-order chi connectivity index (χ0) is 10.4. The Morgan fingerprint density at radius 2 is 2.50 bits per heavy atom. The number of halogens is 1. The van der Waals surface area contributed by atoms with E-state index in [1.807, 2.05) is 19.2 Å². The van der Waals surface area contributed by atoms with E-state index < -0.39 is 0 Å². The Bertz CT molecular complexity index is 274. The van der Waals surface area contributed by atoms with Gasteiger partial charge in [-0.2, -0.15) is 5.10 Å². The number of hydrogen-bond donors (Lipinski definition) is 1. The van der Waals surface area contributed by atoms with Gasteiger partial charge in [-0.05, 0) is 13.0 Å². The number of alkyl halides is 1. The number of carbonyl (C=O) groups is 1. The fourth-order valence-electron chi connectivity index (χ4n) is 1.17. The van der Waals surface area contributed by atoms with E-state index in [0.29, 0.717) is 18.8 Å². The molecule has 5 heteroatoms. The molecule has 78 valence electrons. The molecule has 0 fully saturated rings. The second-order valence-corrected chi connectivity index (χ2v) is 3.51. The van der Waals surface area contributed by atoms with Gasteiger partial charge in [0.15, 0.2) is 0 Å². The molecule has 1 N–H and O–H groups in total. The summed E-state index contributed by atoms with van der Waals surface area (Å²) in [7, 11) is 0. The van der Waals surface area contributed by atoms with E-state index in [1.165, 1.54) is 0 Å². The minimum atomic E-state index is -0.0142. The van der Waals surface area contributed by atoms with Gasteiger partial charge in [-0.3, -0.25) is 9.48 Å². The molecule has 1 heterocycles. The number of carbonyl (C=O) groups excluding carboxylic acids is 1. The molecule has 0 radical (unpaired) electrons. The molecule has 1 rings (SSSR count). The van der Waals surface area contributed by atoms with Crippen LogP contribution in [0.3, 0.4) is 0 Å². The van der Waals surface area contributed by atoms with Crippen LogP contribution in [0, 0.1) is 0 Å². The molecule has 0 saturated heterocycles. The zero-order valence-electron chi connectivity index (χ0n) is 8.11. The summed E-state index contributed by atoms with van der Waals surface area (Å²) in [6.45, 7) is 2.62. The predicted molar refractivity (Wildman–Crippen MR) is 55.2 cm³/mol. The Kier molecular flexibility index (Phi) is 4.46. The molecule has 4 nitrogen and oxygen atoms in total. The van der Waals surface area contributed by atoms with Gasteiger partial charge in [-0.1, -0.05) is 0 Å². The van der Waals surface area contributed by atoms with Crippen LogP contribution in [0.15, 0.2) is 18.5 Å². The third-order valence-electron chi connectivity index (χ3n) is 1.75. The van der Waals surface area contributed by atoms with E-state index in [9.17, 15) is 4.79 Å². The molecule has 1 amide bonds. The molecule has 0 saturated carbocycles. The van der Waals surface area contributed by atoms with Gasteiger partial charge < -0.3 is 5.32 Å². The number of nitrogens with one attached hydrogen (secondary N) is 1. The van der Waals surface area contributed by atoms with Crippen LogP contribution in [0.1, 0.15) is 13.3 Å². The lowest BCUT2D eigenvalue weighted by atomic mass is 10.3. The van der Waals surface area contributed by atoms with Crippen LogP contribution in [-0.2, 0) is 11.3 Å². The minimum absolute atomic E-state index is 0.0142. The standard InChI is InChI=1S/C9H14ClN3O/c1-8(12-9(14)3-4-10)7-13-6-2-5-11-13/h2,5-6,8H,3-4,7H2,1H3,(H,12,14). The lowest BCUT2D eigenvalue weighted by Gasteiger charge is -2.13. The third-order valence-corrected chi connectivity index (χ3v) is 1.94. The van der Waals surface area contributed by atoms with E-state index >= 15 is 0 Å². The lowest BCUT2D eigenvalue weighted by Crippen LogP contribution is -2.35. The van der Waals surface area contributed by atoms with Crippen LogP contribution < -0.4 is 5.32 Å². The third kappa shape index (κ3) is 3.79. The number of nitrogens with zero attached hydrogens (tertiary/aromatic N) is 2. The molecular weight excluding hydrogens is 202 g/mol. The van der Waals surface area contributed by atoms with Gasteiger partial charge in [-0.25, -0.2) is 0 Å². The minimum Gasteiger partial charge on any atom is -0.352 e. The number of hydrogen-bond acceptors (Lipinski definition) is 2. The van der Waals surface area contributed by atoms with Crippen LogP contribution in [0.5, 0.6) is 0 Å². The van der Waals surface area contributed by atoms with E-state index in [0.717, 1.165) is 0 Å². The molecule has 1 atom stereocenters. The molecule has 0 aromatic carbocycles. The fourth-order valence-corrected chi connectivity index (χ4v) is 1.34. The van der Waals surface area contributed by atoms with Crippen molar-refractivity contribution in [3.63, 3.8) is 0 Å². The smallest absolute Gasteiger partial charge is 0.221 e. The molecule has 0 aliphatic heterocycles. The van der Waals surface area contributed by atoms with E-state index in [1.54, 1.807) is 10.9 Å². The summed E-state index contributed by atoms with van der Waals surface area (Å²) >= 11 is 5.44. The first-order valence-electron chi connectivity index (χ1n) is 4.55. The molecule has 0 aliphatic carbocycles. The summed E-state index contributed by atoms with van der Waals surface area (Å²) in [5, 5.41) is 6.88. The molecule has 1 aromatic heterocycles. The summed E-state index contributed by atoms with van der Waals surface area (Å²) in [5.74, 6) is 0.347. The molecule has 0 aliphatic rings. The van der Waals surface area contributed by atoms with Crippen molar-refractivity contribution in [2.75, 3.05) is 5.88 Å². The molecule has 0 spiro atoms. The maximum absolute atomic E-state index is 11.2. The van der Waals surface area contributed by atoms with Crippen molar-refractivity contribution in [1.29, 1.82) is 0 Å². The second kappa shape index (κ2) is 5.65. The van der Waals surface area contributed by atoms with Crippen molar-refractivity contribution < 1.29 is 4.79 Å². The molecular formula is C9H14ClN3O. The maximum atomic E-state index is 11.2. The number of amides is 1. The van der Waals surface area contributed by atoms with Crippen molar-refractivity contribution in [3.8, 4) is 0 Å². The Morgan fingerprint density at radius 1 is 1.71 bits per heavy atom. The first-order valence-corrected chi connectivity index (χ1v) is 5.08. The monoisotopic (exact) mass is 215 g/mol. The van der Waals surface area contributed by atoms with E-state index in [2.05, 4.69) is 10.4 Å². The highest BCUT2D eigenvalue weighted by molar-refractivity contribution is 6.18. The summed E-state index contributed by atoms with van der Waals surface area (Å²) in [6, 6.07) is 1.93. The van der Waals surface area contributed by atoms with Crippen molar-refractivity contribution in [3.05, 3.63) is 18.5 Å². The quantitative estimate of drug-likeness (QED) is 0.746. The molecule has 1 unspecified atom stereocenters. The largest absolute Gasteiger partial charge is 0.352 e. The highest BCUT2D eigenvalue weighted by Crippen LogP contribution is 1.92. The van der Waals surface area contributed by atoms with Crippen molar-refractivity contribution in [2.24, 2.45) is 0 Å². The normalized spacial score (nSPS) is 12.4. The fraction of sp³-hybridized carbons (Fsp3) is 0.556. The van der Waals surface area contributed by atoms with E-state index in [4.69, 9.17) is 11.6 Å². The Labute approximate surface area is 88.2 Å². The van der Waals surface area contributed by atoms with Gasteiger partial charge in [0.05, 0.1) is 6.54 Å². The molecule has 1 aromatic rings. The highest BCUT2D eigenvalue weighted by atomic mass is 35.5. The predicted octanol–water partition coefficient (Wildman–Crippen LogP) is 1.02. The summed E-state index contributed by atoms with van der Waals surface area (Å²) in [5.41, 5.74) is 0. The summed E-state index contributed by atoms with van der Waals surface area (Å²) in [6.07, 6.45) is 3.95. The SMILES string of the molecule is CC(Cn1cccn1)NC(=O)CCCl. The molecule has 0 bridgehead atoms. The average Bonchev–Trinajstić information content (AvgIpc) is 2.56. The average molecular weight is 216 g/mol. The van der Waals surface area contributed by atoms with Gasteiger partial charge >= 0.3 is 0 Å². The van der Waals surface area contributed by atoms with Gasteiger partial charge in [0.2, 0.25) is 5.91 Å². The van der Waals surface area contributed by atoms with Gasteiger partial charge in [0, 0.05) is 30.7 Å². The van der Waals surface area contributed by atoms with Crippen LogP contribution in [0.4, 0.5) is 0 Å². The van der Waals surface area contributed by atoms with Crippen molar-refractivity contribution >= 4 is 17.5 Å². The first kappa shape index (κ1) is 11.0. The summed E-state index contributed by atoms with van der Waals surface area (Å²) < 4.78 is 1.78. The Balaban J connectivity index is 2.29. The van der Waals surface area contributed by atoms with Gasteiger partial charge in [-0.15, -0.1) is 11.6 Å². The van der Waals surface area contributed by atoms with Crippen LogP contribution in [0.2, 0.25) is 0 Å². The Hall–Kier alpha value is -1.03. The zero-order valence-corrected chi connectivity index (χ0v) is 8.87. The maximum Gasteiger partial charge on any atom is 0.221 e. The summed E-state index contributed by atoms with van der Waals surface area (Å²) in [4.78, 5) is 11.2. The topological polar surface area (TPSA) is 46.9 Å². The first-order chi connectivity index (χ1) is 6.72. The van der Waals surface area contributed by atoms with Gasteiger partial charge in [0.1, 0.15) is 0 Å². The Morgan fingerprint density at radius 3 is 3.07 bits per heavy atom. The van der Waals surface area contributed by atoms with E-state index in [-0.39, 0.29) is 11.9 Å². The van der Waals surface area contributed by atoms with Crippen LogP contribution >= 0.6 is 11.6 Å². The highest BCUT2D eigenvalue weighted by Gasteiger charge is 2.06. The number of rotatable bonds is 5. The lowest BCUT2D eigenvalue weighted by molar-refractivity contribution is -0.121. The number of aromatic nitrogens is 2. The van der Waals surface area contributed by atoms with Crippen LogP contribution in [0.25, 0.3) is 0 Å². The van der Waals surface area contributed by atoms with Crippen molar-refractivity contribution in [1.82, 2.24) is 15.1 Å². The van der Waals surface area contributed by atoms with Gasteiger partial charge in [0.25, 0.3) is 0 Å².